The number of hydrogen-bond donors (Lipinski definition) is 1. The molecule has 1 N–H and O–H groups in total. The molecule has 102 valence electrons. The highest BCUT2D eigenvalue weighted by molar-refractivity contribution is 5.30. The summed E-state index contributed by atoms with van der Waals surface area (Å²) in [4.78, 5) is 4.44. The Kier molecular flexibility index (Phi) is 6.09. The monoisotopic (exact) mass is 252 g/mol. The SMILES string of the molecule is CCOC(C(C)C)C(NC)c1ncccc1OC. The number of likely N-dealkylation sites (N-methyl/N-ethyl adjacent to an activating group) is 1. The van der Waals surface area contributed by atoms with Crippen molar-refractivity contribution >= 4 is 0 Å². The number of methoxy groups -OCH3 is 1. The maximum absolute atomic E-state index is 5.85. The smallest absolute Gasteiger partial charge is 0.142 e. The summed E-state index contributed by atoms with van der Waals surface area (Å²) in [5, 5.41) is 3.29. The minimum atomic E-state index is 0.0288. The summed E-state index contributed by atoms with van der Waals surface area (Å²) < 4.78 is 11.2. The maximum atomic E-state index is 5.85. The van der Waals surface area contributed by atoms with Crippen molar-refractivity contribution in [3.05, 3.63) is 24.0 Å². The van der Waals surface area contributed by atoms with E-state index in [0.29, 0.717) is 12.5 Å². The molecule has 4 nitrogen and oxygen atoms in total. The summed E-state index contributed by atoms with van der Waals surface area (Å²) in [5.74, 6) is 1.19. The van der Waals surface area contributed by atoms with E-state index in [4.69, 9.17) is 9.47 Å². The molecule has 0 saturated carbocycles. The van der Waals surface area contributed by atoms with Crippen molar-refractivity contribution in [3.8, 4) is 5.75 Å². The third-order valence-corrected chi connectivity index (χ3v) is 2.97. The Hall–Kier alpha value is -1.13. The Balaban J connectivity index is 3.06. The van der Waals surface area contributed by atoms with Crippen LogP contribution in [-0.2, 0) is 4.74 Å². The number of rotatable bonds is 7. The van der Waals surface area contributed by atoms with Crippen LogP contribution in [0.2, 0.25) is 0 Å². The van der Waals surface area contributed by atoms with Crippen LogP contribution in [0.25, 0.3) is 0 Å². The molecule has 0 spiro atoms. The second kappa shape index (κ2) is 7.34. The summed E-state index contributed by atoms with van der Waals surface area (Å²) in [7, 11) is 3.59. The molecule has 4 heteroatoms. The van der Waals surface area contributed by atoms with E-state index in [1.165, 1.54) is 0 Å². The minimum Gasteiger partial charge on any atom is -0.495 e. The van der Waals surface area contributed by atoms with Gasteiger partial charge in [0.05, 0.1) is 19.3 Å². The molecule has 0 fully saturated rings. The van der Waals surface area contributed by atoms with Gasteiger partial charge in [0.15, 0.2) is 0 Å². The molecule has 0 aliphatic heterocycles. The average Bonchev–Trinajstić information content (AvgIpc) is 2.39. The molecule has 0 radical (unpaired) electrons. The predicted octanol–water partition coefficient (Wildman–Crippen LogP) is 2.41. The van der Waals surface area contributed by atoms with Gasteiger partial charge in [0.2, 0.25) is 0 Å². The molecular formula is C14H24N2O2. The zero-order valence-corrected chi connectivity index (χ0v) is 11.9. The second-order valence-electron chi connectivity index (χ2n) is 4.52. The van der Waals surface area contributed by atoms with Gasteiger partial charge in [-0.1, -0.05) is 13.8 Å². The topological polar surface area (TPSA) is 43.4 Å². The van der Waals surface area contributed by atoms with E-state index >= 15 is 0 Å². The molecule has 0 amide bonds. The molecule has 0 aliphatic rings. The minimum absolute atomic E-state index is 0.0288. The van der Waals surface area contributed by atoms with Crippen LogP contribution in [0, 0.1) is 5.92 Å². The van der Waals surface area contributed by atoms with Crippen LogP contribution in [0.3, 0.4) is 0 Å². The first-order valence-electron chi connectivity index (χ1n) is 6.43. The van der Waals surface area contributed by atoms with Gasteiger partial charge in [-0.3, -0.25) is 4.98 Å². The number of ether oxygens (including phenoxy) is 2. The van der Waals surface area contributed by atoms with Crippen LogP contribution in [-0.4, -0.2) is 31.9 Å². The van der Waals surface area contributed by atoms with E-state index in [1.807, 2.05) is 26.1 Å². The second-order valence-corrected chi connectivity index (χ2v) is 4.52. The number of aromatic nitrogens is 1. The first-order chi connectivity index (χ1) is 8.65. The molecule has 1 aromatic heterocycles. The fraction of sp³-hybridized carbons (Fsp3) is 0.643. The summed E-state index contributed by atoms with van der Waals surface area (Å²) in [5.41, 5.74) is 0.898. The van der Waals surface area contributed by atoms with E-state index in [9.17, 15) is 0 Å². The fourth-order valence-electron chi connectivity index (χ4n) is 2.13. The normalized spacial score (nSPS) is 14.6. The van der Waals surface area contributed by atoms with Crippen molar-refractivity contribution in [2.24, 2.45) is 5.92 Å². The number of nitrogens with one attached hydrogen (secondary N) is 1. The van der Waals surface area contributed by atoms with Crippen LogP contribution in [0.4, 0.5) is 0 Å². The highest BCUT2D eigenvalue weighted by Crippen LogP contribution is 2.29. The zero-order valence-electron chi connectivity index (χ0n) is 11.9. The molecule has 0 saturated heterocycles. The molecule has 1 rings (SSSR count). The lowest BCUT2D eigenvalue weighted by Crippen LogP contribution is -2.36. The molecule has 18 heavy (non-hydrogen) atoms. The summed E-state index contributed by atoms with van der Waals surface area (Å²) >= 11 is 0. The van der Waals surface area contributed by atoms with Gasteiger partial charge in [-0.15, -0.1) is 0 Å². The van der Waals surface area contributed by atoms with E-state index in [2.05, 4.69) is 24.1 Å². The van der Waals surface area contributed by atoms with Crippen molar-refractivity contribution in [2.45, 2.75) is 32.9 Å². The predicted molar refractivity (Wildman–Crippen MR) is 72.8 cm³/mol. The highest BCUT2D eigenvalue weighted by atomic mass is 16.5. The van der Waals surface area contributed by atoms with Crippen LogP contribution in [0.15, 0.2) is 18.3 Å². The molecule has 0 aliphatic carbocycles. The maximum Gasteiger partial charge on any atom is 0.142 e. The van der Waals surface area contributed by atoms with Crippen molar-refractivity contribution in [1.29, 1.82) is 0 Å². The van der Waals surface area contributed by atoms with Crippen molar-refractivity contribution in [3.63, 3.8) is 0 Å². The lowest BCUT2D eigenvalue weighted by atomic mass is 9.96. The van der Waals surface area contributed by atoms with Crippen molar-refractivity contribution < 1.29 is 9.47 Å². The number of pyridine rings is 1. The first-order valence-corrected chi connectivity index (χ1v) is 6.43. The third-order valence-electron chi connectivity index (χ3n) is 2.97. The van der Waals surface area contributed by atoms with E-state index in [-0.39, 0.29) is 12.1 Å². The van der Waals surface area contributed by atoms with E-state index in [0.717, 1.165) is 11.4 Å². The van der Waals surface area contributed by atoms with Gasteiger partial charge < -0.3 is 14.8 Å². The van der Waals surface area contributed by atoms with Crippen LogP contribution >= 0.6 is 0 Å². The largest absolute Gasteiger partial charge is 0.495 e. The van der Waals surface area contributed by atoms with Gasteiger partial charge in [0.25, 0.3) is 0 Å². The van der Waals surface area contributed by atoms with Gasteiger partial charge >= 0.3 is 0 Å². The Morgan fingerprint density at radius 3 is 2.61 bits per heavy atom. The van der Waals surface area contributed by atoms with Crippen molar-refractivity contribution in [2.75, 3.05) is 20.8 Å². The quantitative estimate of drug-likeness (QED) is 0.809. The average molecular weight is 252 g/mol. The standard InChI is InChI=1S/C14H24N2O2/c1-6-18-14(10(2)3)13(15-4)12-11(17-5)8-7-9-16-12/h7-10,13-15H,6H2,1-5H3. The Morgan fingerprint density at radius 1 is 1.39 bits per heavy atom. The van der Waals surface area contributed by atoms with E-state index in [1.54, 1.807) is 13.3 Å². The lowest BCUT2D eigenvalue weighted by Gasteiger charge is -2.30. The third kappa shape index (κ3) is 3.43. The summed E-state index contributed by atoms with van der Waals surface area (Å²) in [6.45, 7) is 7.01. The number of hydrogen-bond acceptors (Lipinski definition) is 4. The van der Waals surface area contributed by atoms with Crippen LogP contribution in [0.5, 0.6) is 5.75 Å². The van der Waals surface area contributed by atoms with Crippen molar-refractivity contribution in [1.82, 2.24) is 10.3 Å². The fourth-order valence-corrected chi connectivity index (χ4v) is 2.13. The van der Waals surface area contributed by atoms with Gasteiger partial charge in [-0.25, -0.2) is 0 Å². The molecule has 0 aromatic carbocycles. The lowest BCUT2D eigenvalue weighted by molar-refractivity contribution is 0.00307. The van der Waals surface area contributed by atoms with Crippen LogP contribution < -0.4 is 10.1 Å². The molecule has 1 aromatic rings. The molecule has 1 heterocycles. The Bertz CT molecular complexity index is 355. The molecular weight excluding hydrogens is 228 g/mol. The molecule has 0 bridgehead atoms. The van der Waals surface area contributed by atoms with Gasteiger partial charge in [0, 0.05) is 12.8 Å². The van der Waals surface area contributed by atoms with Crippen LogP contribution in [0.1, 0.15) is 32.5 Å². The van der Waals surface area contributed by atoms with Gasteiger partial charge in [0.1, 0.15) is 11.4 Å². The summed E-state index contributed by atoms with van der Waals surface area (Å²) in [6, 6.07) is 3.83. The first kappa shape index (κ1) is 14.9. The van der Waals surface area contributed by atoms with Gasteiger partial charge in [-0.05, 0) is 32.0 Å². The Labute approximate surface area is 110 Å². The molecule has 2 unspecified atom stereocenters. The summed E-state index contributed by atoms with van der Waals surface area (Å²) in [6.07, 6.45) is 1.86. The zero-order chi connectivity index (χ0) is 13.5. The number of nitrogens with zero attached hydrogens (tertiary/aromatic N) is 1. The van der Waals surface area contributed by atoms with Gasteiger partial charge in [-0.2, -0.15) is 0 Å². The Morgan fingerprint density at radius 2 is 2.11 bits per heavy atom. The molecule has 2 atom stereocenters. The highest BCUT2D eigenvalue weighted by Gasteiger charge is 2.28. The van der Waals surface area contributed by atoms with E-state index < -0.39 is 0 Å².